The number of benzene rings is 2. The van der Waals surface area contributed by atoms with Gasteiger partial charge in [-0.15, -0.1) is 11.8 Å². The first kappa shape index (κ1) is 17.0. The van der Waals surface area contributed by atoms with Crippen molar-refractivity contribution in [3.05, 3.63) is 54.1 Å². The summed E-state index contributed by atoms with van der Waals surface area (Å²) in [5, 5.41) is 5.07. The number of anilines is 2. The third-order valence-corrected chi connectivity index (χ3v) is 4.94. The maximum Gasteiger partial charge on any atom is 0.337 e. The minimum absolute atomic E-state index is 0.0591. The summed E-state index contributed by atoms with van der Waals surface area (Å²) in [6, 6.07) is 13.9. The van der Waals surface area contributed by atoms with Crippen molar-refractivity contribution in [3.63, 3.8) is 0 Å². The monoisotopic (exact) mass is 356 g/mol. The third-order valence-electron chi connectivity index (χ3n) is 3.67. The number of esters is 1. The van der Waals surface area contributed by atoms with Crippen molar-refractivity contribution in [2.45, 2.75) is 16.6 Å². The van der Waals surface area contributed by atoms with E-state index in [-0.39, 0.29) is 18.2 Å². The van der Waals surface area contributed by atoms with Crippen molar-refractivity contribution >= 4 is 40.9 Å². The molecule has 0 saturated carbocycles. The van der Waals surface area contributed by atoms with E-state index in [1.165, 1.54) is 18.9 Å². The van der Waals surface area contributed by atoms with Crippen LogP contribution >= 0.6 is 11.8 Å². The van der Waals surface area contributed by atoms with Crippen LogP contribution in [0.15, 0.2) is 53.4 Å². The van der Waals surface area contributed by atoms with Crippen LogP contribution in [0.3, 0.4) is 0 Å². The molecule has 0 saturated heterocycles. The first-order valence-corrected chi connectivity index (χ1v) is 8.49. The summed E-state index contributed by atoms with van der Waals surface area (Å²) >= 11 is 1.38. The molecule has 2 N–H and O–H groups in total. The molecule has 2 aromatic rings. The molecule has 1 heterocycles. The number of ether oxygens (including phenoxy) is 1. The Morgan fingerprint density at radius 3 is 2.60 bits per heavy atom. The Bertz CT molecular complexity index is 820. The van der Waals surface area contributed by atoms with Gasteiger partial charge in [0.25, 0.3) is 0 Å². The summed E-state index contributed by atoms with van der Waals surface area (Å²) in [6.07, 6.45) is 0.0591. The van der Waals surface area contributed by atoms with E-state index in [9.17, 15) is 14.4 Å². The Morgan fingerprint density at radius 2 is 1.88 bits per heavy atom. The molecule has 0 fully saturated rings. The largest absolute Gasteiger partial charge is 0.465 e. The molecule has 1 aliphatic heterocycles. The number of fused-ring (bicyclic) bond motifs is 1. The number of para-hydroxylation sites is 1. The lowest BCUT2D eigenvalue weighted by Crippen LogP contribution is -2.32. The fourth-order valence-electron chi connectivity index (χ4n) is 2.41. The van der Waals surface area contributed by atoms with Gasteiger partial charge in [-0.05, 0) is 36.4 Å². The highest BCUT2D eigenvalue weighted by molar-refractivity contribution is 8.01. The summed E-state index contributed by atoms with van der Waals surface area (Å²) in [5.41, 5.74) is 1.73. The average Bonchev–Trinajstić information content (AvgIpc) is 2.62. The molecule has 7 heteroatoms. The minimum Gasteiger partial charge on any atom is -0.465 e. The van der Waals surface area contributed by atoms with Crippen LogP contribution in [0.5, 0.6) is 0 Å². The highest BCUT2D eigenvalue weighted by Gasteiger charge is 2.28. The first-order chi connectivity index (χ1) is 12.1. The van der Waals surface area contributed by atoms with Gasteiger partial charge in [-0.25, -0.2) is 4.79 Å². The standard InChI is InChI=1S/C18H16N2O4S/c1-24-18(23)11-6-8-12(9-7-11)19-16(21)10-15-17(22)20-13-4-2-3-5-14(13)25-15/h2-9,15H,10H2,1H3,(H,19,21)(H,20,22). The predicted octanol–water partition coefficient (Wildman–Crippen LogP) is 2.91. The zero-order valence-electron chi connectivity index (χ0n) is 13.4. The zero-order chi connectivity index (χ0) is 17.8. The second kappa shape index (κ2) is 7.40. The molecular weight excluding hydrogens is 340 g/mol. The van der Waals surface area contributed by atoms with Gasteiger partial charge in [0.05, 0.1) is 23.6 Å². The van der Waals surface area contributed by atoms with Crippen molar-refractivity contribution in [1.29, 1.82) is 0 Å². The van der Waals surface area contributed by atoms with E-state index in [0.29, 0.717) is 11.3 Å². The van der Waals surface area contributed by atoms with Gasteiger partial charge in [-0.2, -0.15) is 0 Å². The number of rotatable bonds is 4. The topological polar surface area (TPSA) is 84.5 Å². The number of carbonyl (C=O) groups excluding carboxylic acids is 3. The van der Waals surface area contributed by atoms with E-state index < -0.39 is 11.2 Å². The molecule has 6 nitrogen and oxygen atoms in total. The Kier molecular flexibility index (Phi) is 5.04. The van der Waals surface area contributed by atoms with Gasteiger partial charge < -0.3 is 15.4 Å². The number of nitrogens with one attached hydrogen (secondary N) is 2. The number of carbonyl (C=O) groups is 3. The van der Waals surface area contributed by atoms with Crippen LogP contribution in [-0.2, 0) is 14.3 Å². The van der Waals surface area contributed by atoms with Crippen molar-refractivity contribution in [1.82, 2.24) is 0 Å². The average molecular weight is 356 g/mol. The van der Waals surface area contributed by atoms with E-state index >= 15 is 0 Å². The lowest BCUT2D eigenvalue weighted by atomic mass is 10.2. The van der Waals surface area contributed by atoms with E-state index in [2.05, 4.69) is 15.4 Å². The van der Waals surface area contributed by atoms with E-state index in [0.717, 1.165) is 10.6 Å². The zero-order valence-corrected chi connectivity index (χ0v) is 14.3. The molecule has 25 heavy (non-hydrogen) atoms. The highest BCUT2D eigenvalue weighted by Crippen LogP contribution is 2.36. The molecular formula is C18H16N2O4S. The van der Waals surface area contributed by atoms with Gasteiger partial charge in [-0.1, -0.05) is 12.1 Å². The van der Waals surface area contributed by atoms with Crippen molar-refractivity contribution in [2.24, 2.45) is 0 Å². The Hall–Kier alpha value is -2.80. The molecule has 2 aromatic carbocycles. The maximum atomic E-state index is 12.2. The van der Waals surface area contributed by atoms with Crippen LogP contribution in [-0.4, -0.2) is 30.1 Å². The quantitative estimate of drug-likeness (QED) is 0.823. The van der Waals surface area contributed by atoms with Crippen LogP contribution in [0.25, 0.3) is 0 Å². The number of amides is 2. The van der Waals surface area contributed by atoms with Gasteiger partial charge in [-0.3, -0.25) is 9.59 Å². The fraction of sp³-hybridized carbons (Fsp3) is 0.167. The Balaban J connectivity index is 1.61. The number of hydrogen-bond acceptors (Lipinski definition) is 5. The fourth-order valence-corrected chi connectivity index (χ4v) is 3.53. The summed E-state index contributed by atoms with van der Waals surface area (Å²) < 4.78 is 4.62. The van der Waals surface area contributed by atoms with Gasteiger partial charge in [0, 0.05) is 17.0 Å². The maximum absolute atomic E-state index is 12.2. The first-order valence-electron chi connectivity index (χ1n) is 7.61. The van der Waals surface area contributed by atoms with E-state index in [1.54, 1.807) is 24.3 Å². The highest BCUT2D eigenvalue weighted by atomic mass is 32.2. The normalized spacial score (nSPS) is 15.7. The number of hydrogen-bond donors (Lipinski definition) is 2. The van der Waals surface area contributed by atoms with Crippen molar-refractivity contribution < 1.29 is 19.1 Å². The van der Waals surface area contributed by atoms with Crippen LogP contribution in [0.1, 0.15) is 16.8 Å². The lowest BCUT2D eigenvalue weighted by molar-refractivity contribution is -0.120. The summed E-state index contributed by atoms with van der Waals surface area (Å²) in [7, 11) is 1.31. The third kappa shape index (κ3) is 4.00. The van der Waals surface area contributed by atoms with E-state index in [1.807, 2.05) is 24.3 Å². The molecule has 3 rings (SSSR count). The van der Waals surface area contributed by atoms with Gasteiger partial charge in [0.2, 0.25) is 11.8 Å². The van der Waals surface area contributed by atoms with Crippen molar-refractivity contribution in [2.75, 3.05) is 17.7 Å². The smallest absolute Gasteiger partial charge is 0.337 e. The summed E-state index contributed by atoms with van der Waals surface area (Å²) in [4.78, 5) is 36.7. The molecule has 0 radical (unpaired) electrons. The summed E-state index contributed by atoms with van der Waals surface area (Å²) in [6.45, 7) is 0. The molecule has 1 atom stereocenters. The SMILES string of the molecule is COC(=O)c1ccc(NC(=O)CC2Sc3ccccc3NC2=O)cc1. The Labute approximate surface area is 148 Å². The van der Waals surface area contributed by atoms with Gasteiger partial charge in [0.1, 0.15) is 0 Å². The number of thioether (sulfide) groups is 1. The molecule has 0 aliphatic carbocycles. The van der Waals surface area contributed by atoms with Crippen LogP contribution in [0.4, 0.5) is 11.4 Å². The minimum atomic E-state index is -0.482. The van der Waals surface area contributed by atoms with E-state index in [4.69, 9.17) is 0 Å². The molecule has 2 amide bonds. The van der Waals surface area contributed by atoms with Crippen molar-refractivity contribution in [3.8, 4) is 0 Å². The van der Waals surface area contributed by atoms with Crippen LogP contribution in [0.2, 0.25) is 0 Å². The molecule has 0 aromatic heterocycles. The molecule has 1 unspecified atom stereocenters. The molecule has 0 spiro atoms. The van der Waals surface area contributed by atoms with Crippen LogP contribution in [0, 0.1) is 0 Å². The lowest BCUT2D eigenvalue weighted by Gasteiger charge is -2.23. The second-order valence-electron chi connectivity index (χ2n) is 5.41. The van der Waals surface area contributed by atoms with Crippen LogP contribution < -0.4 is 10.6 Å². The summed E-state index contributed by atoms with van der Waals surface area (Å²) in [5.74, 6) is -0.885. The molecule has 1 aliphatic rings. The predicted molar refractivity (Wildman–Crippen MR) is 95.7 cm³/mol. The molecule has 0 bridgehead atoms. The second-order valence-corrected chi connectivity index (χ2v) is 6.66. The number of methoxy groups -OCH3 is 1. The van der Waals surface area contributed by atoms with Gasteiger partial charge in [0.15, 0.2) is 0 Å². The van der Waals surface area contributed by atoms with Gasteiger partial charge >= 0.3 is 5.97 Å². The Morgan fingerprint density at radius 1 is 1.16 bits per heavy atom. The molecule has 128 valence electrons.